The van der Waals surface area contributed by atoms with Gasteiger partial charge in [-0.1, -0.05) is 0 Å². The smallest absolute Gasteiger partial charge is 0.151 e. The SMILES string of the molecule is CN(c1ccc(-c2ccc(-n3ccnc3)cc2O)nn1)[C@H]1C2CCC(NC2)[C@H]1F. The molecule has 1 saturated carbocycles. The number of aromatic hydroxyl groups is 1. The molecule has 2 bridgehead atoms. The summed E-state index contributed by atoms with van der Waals surface area (Å²) >= 11 is 0. The maximum atomic E-state index is 14.8. The van der Waals surface area contributed by atoms with Gasteiger partial charge in [0.15, 0.2) is 5.82 Å². The van der Waals surface area contributed by atoms with Gasteiger partial charge < -0.3 is 19.9 Å². The van der Waals surface area contributed by atoms with Crippen LogP contribution in [0.3, 0.4) is 0 Å². The first-order valence-corrected chi connectivity index (χ1v) is 9.87. The number of piperidine rings is 2. The lowest BCUT2D eigenvalue weighted by molar-refractivity contribution is 0.0702. The number of phenolic OH excluding ortho intramolecular Hbond substituents is 1. The van der Waals surface area contributed by atoms with E-state index in [1.807, 2.05) is 40.9 Å². The van der Waals surface area contributed by atoms with Gasteiger partial charge in [0, 0.05) is 43.7 Å². The third-order valence-electron chi connectivity index (χ3n) is 6.20. The molecular formula is C21H23FN6O. The van der Waals surface area contributed by atoms with E-state index in [0.717, 1.165) is 25.1 Å². The zero-order valence-corrected chi connectivity index (χ0v) is 16.1. The minimum absolute atomic E-state index is 0.0642. The first-order chi connectivity index (χ1) is 14.1. The molecule has 4 atom stereocenters. The van der Waals surface area contributed by atoms with E-state index in [4.69, 9.17) is 0 Å². The average Bonchev–Trinajstić information content (AvgIpc) is 3.29. The number of imidazole rings is 1. The molecule has 0 spiro atoms. The number of halogens is 1. The van der Waals surface area contributed by atoms with Crippen molar-refractivity contribution in [2.45, 2.75) is 31.1 Å². The van der Waals surface area contributed by atoms with E-state index in [0.29, 0.717) is 17.1 Å². The highest BCUT2D eigenvalue weighted by atomic mass is 19.1. The topological polar surface area (TPSA) is 79.1 Å². The Balaban J connectivity index is 1.38. The van der Waals surface area contributed by atoms with Gasteiger partial charge in [0.1, 0.15) is 11.9 Å². The van der Waals surface area contributed by atoms with Crippen LogP contribution in [0.2, 0.25) is 0 Å². The van der Waals surface area contributed by atoms with E-state index in [9.17, 15) is 9.50 Å². The lowest BCUT2D eigenvalue weighted by Crippen LogP contribution is -2.64. The van der Waals surface area contributed by atoms with Gasteiger partial charge >= 0.3 is 0 Å². The van der Waals surface area contributed by atoms with Crippen LogP contribution in [0.25, 0.3) is 16.9 Å². The van der Waals surface area contributed by atoms with Crippen LogP contribution in [-0.2, 0) is 0 Å². The van der Waals surface area contributed by atoms with Crippen LogP contribution in [0.4, 0.5) is 10.2 Å². The van der Waals surface area contributed by atoms with Gasteiger partial charge in [-0.2, -0.15) is 0 Å². The van der Waals surface area contributed by atoms with E-state index in [1.54, 1.807) is 24.7 Å². The molecule has 4 heterocycles. The summed E-state index contributed by atoms with van der Waals surface area (Å²) in [6.45, 7) is 0.850. The maximum absolute atomic E-state index is 14.8. The summed E-state index contributed by atoms with van der Waals surface area (Å²) in [5, 5.41) is 22.4. The lowest BCUT2D eigenvalue weighted by atomic mass is 9.75. The number of hydrogen-bond donors (Lipinski definition) is 2. The molecule has 150 valence electrons. The van der Waals surface area contributed by atoms with Crippen molar-refractivity contribution < 1.29 is 9.50 Å². The monoisotopic (exact) mass is 394 g/mol. The summed E-state index contributed by atoms with van der Waals surface area (Å²) in [5.41, 5.74) is 1.98. The van der Waals surface area contributed by atoms with Crippen molar-refractivity contribution in [2.24, 2.45) is 5.92 Å². The van der Waals surface area contributed by atoms with Crippen molar-refractivity contribution in [3.8, 4) is 22.7 Å². The quantitative estimate of drug-likeness (QED) is 0.708. The Morgan fingerprint density at radius 2 is 2.10 bits per heavy atom. The maximum Gasteiger partial charge on any atom is 0.151 e. The zero-order valence-electron chi connectivity index (χ0n) is 16.1. The molecule has 2 N–H and O–H groups in total. The van der Waals surface area contributed by atoms with Gasteiger partial charge in [-0.3, -0.25) is 0 Å². The van der Waals surface area contributed by atoms with Gasteiger partial charge in [0.25, 0.3) is 0 Å². The standard InChI is InChI=1S/C21H23FN6O/c1-27(21-13-2-5-17(20(21)22)24-11-13)19-7-6-16(25-26-19)15-4-3-14(10-18(15)29)28-9-8-23-12-28/h3-4,6-10,12-13,17,20-21,24,29H,2,5,11H2,1H3/t13?,17?,20-,21+/m1/s1. The highest BCUT2D eigenvalue weighted by Gasteiger charge is 2.46. The number of nitrogens with zero attached hydrogens (tertiary/aromatic N) is 5. The zero-order chi connectivity index (χ0) is 20.0. The van der Waals surface area contributed by atoms with Gasteiger partial charge in [-0.25, -0.2) is 9.37 Å². The molecule has 3 aromatic rings. The van der Waals surface area contributed by atoms with Crippen LogP contribution in [0, 0.1) is 5.92 Å². The summed E-state index contributed by atoms with van der Waals surface area (Å²) in [5.74, 6) is 1.04. The molecule has 29 heavy (non-hydrogen) atoms. The summed E-state index contributed by atoms with van der Waals surface area (Å²) < 4.78 is 16.7. The molecule has 2 unspecified atom stereocenters. The first kappa shape index (κ1) is 18.1. The van der Waals surface area contributed by atoms with Gasteiger partial charge in [0.2, 0.25) is 0 Å². The van der Waals surface area contributed by atoms with Crippen molar-refractivity contribution in [3.05, 3.63) is 49.1 Å². The number of nitrogens with one attached hydrogen (secondary N) is 1. The van der Waals surface area contributed by atoms with Crippen molar-refractivity contribution in [1.82, 2.24) is 25.1 Å². The number of phenols is 1. The van der Waals surface area contributed by atoms with Crippen LogP contribution >= 0.6 is 0 Å². The number of benzene rings is 1. The van der Waals surface area contributed by atoms with Gasteiger partial charge in [-0.15, -0.1) is 10.2 Å². The van der Waals surface area contributed by atoms with Crippen LogP contribution < -0.4 is 10.2 Å². The Morgan fingerprint density at radius 1 is 1.21 bits per heavy atom. The second kappa shape index (κ2) is 7.11. The van der Waals surface area contributed by atoms with Crippen molar-refractivity contribution in [1.29, 1.82) is 0 Å². The van der Waals surface area contributed by atoms with Crippen LogP contribution in [0.5, 0.6) is 5.75 Å². The molecule has 3 aliphatic rings. The lowest BCUT2D eigenvalue weighted by Gasteiger charge is -2.49. The molecule has 6 rings (SSSR count). The second-order valence-corrected chi connectivity index (χ2v) is 7.85. The minimum Gasteiger partial charge on any atom is -0.507 e. The number of rotatable bonds is 4. The van der Waals surface area contributed by atoms with Crippen molar-refractivity contribution in [3.63, 3.8) is 0 Å². The number of alkyl halides is 1. The normalized spacial score (nSPS) is 25.9. The van der Waals surface area contributed by atoms with E-state index in [2.05, 4.69) is 20.5 Å². The molecule has 0 amide bonds. The second-order valence-electron chi connectivity index (χ2n) is 7.85. The van der Waals surface area contributed by atoms with Crippen molar-refractivity contribution >= 4 is 5.82 Å². The Bertz CT molecular complexity index is 983. The molecule has 1 aromatic carbocycles. The fraction of sp³-hybridized carbons (Fsp3) is 0.381. The summed E-state index contributed by atoms with van der Waals surface area (Å²) in [4.78, 5) is 5.93. The Labute approximate surface area is 168 Å². The van der Waals surface area contributed by atoms with E-state index in [1.165, 1.54) is 0 Å². The van der Waals surface area contributed by atoms with E-state index < -0.39 is 6.17 Å². The number of hydrogen-bond acceptors (Lipinski definition) is 6. The van der Waals surface area contributed by atoms with Crippen LogP contribution in [0.1, 0.15) is 12.8 Å². The third-order valence-corrected chi connectivity index (χ3v) is 6.20. The highest BCUT2D eigenvalue weighted by Crippen LogP contribution is 2.36. The molecule has 8 heteroatoms. The minimum atomic E-state index is -0.909. The fourth-order valence-corrected chi connectivity index (χ4v) is 4.61. The Kier molecular flexibility index (Phi) is 4.43. The van der Waals surface area contributed by atoms with Gasteiger partial charge in [-0.05, 0) is 43.0 Å². The van der Waals surface area contributed by atoms with Crippen molar-refractivity contribution in [2.75, 3.05) is 18.5 Å². The number of fused-ring (bicyclic) bond motifs is 3. The van der Waals surface area contributed by atoms with Crippen LogP contribution in [0.15, 0.2) is 49.1 Å². The molecule has 3 fully saturated rings. The summed E-state index contributed by atoms with van der Waals surface area (Å²) in [6.07, 6.45) is 6.19. The summed E-state index contributed by atoms with van der Waals surface area (Å²) in [6, 6.07) is 8.77. The average molecular weight is 394 g/mol. The first-order valence-electron chi connectivity index (χ1n) is 9.87. The Hall–Kier alpha value is -3.00. The molecule has 2 saturated heterocycles. The molecule has 7 nitrogen and oxygen atoms in total. The third kappa shape index (κ3) is 3.13. The molecule has 1 aliphatic carbocycles. The fourth-order valence-electron chi connectivity index (χ4n) is 4.61. The Morgan fingerprint density at radius 3 is 2.72 bits per heavy atom. The predicted molar refractivity (Wildman–Crippen MR) is 108 cm³/mol. The predicted octanol–water partition coefficient (Wildman–Crippen LogP) is 2.56. The largest absolute Gasteiger partial charge is 0.507 e. The van der Waals surface area contributed by atoms with Gasteiger partial charge in [0.05, 0.1) is 23.8 Å². The highest BCUT2D eigenvalue weighted by molar-refractivity contribution is 5.69. The molecule has 2 aliphatic heterocycles. The van der Waals surface area contributed by atoms with E-state index in [-0.39, 0.29) is 23.8 Å². The van der Waals surface area contributed by atoms with E-state index >= 15 is 0 Å². The molecule has 0 radical (unpaired) electrons. The number of anilines is 1. The van der Waals surface area contributed by atoms with Crippen LogP contribution in [-0.4, -0.2) is 56.7 Å². The number of aromatic nitrogens is 4. The summed E-state index contributed by atoms with van der Waals surface area (Å²) in [7, 11) is 1.89. The molecular weight excluding hydrogens is 371 g/mol. The molecule has 2 aromatic heterocycles.